The highest BCUT2D eigenvalue weighted by atomic mass is 15.1. The second kappa shape index (κ2) is 5.65. The summed E-state index contributed by atoms with van der Waals surface area (Å²) >= 11 is 0. The molecule has 0 unspecified atom stereocenters. The Balaban J connectivity index is 2.53. The predicted octanol–water partition coefficient (Wildman–Crippen LogP) is 1.45. The Morgan fingerprint density at radius 3 is 2.44 bits per heavy atom. The van der Waals surface area contributed by atoms with Gasteiger partial charge in [0.2, 0.25) is 0 Å². The molecular formula is C11H21N5. The van der Waals surface area contributed by atoms with E-state index in [9.17, 15) is 0 Å². The first kappa shape index (κ1) is 12.7. The van der Waals surface area contributed by atoms with Crippen LogP contribution < -0.4 is 16.4 Å². The molecule has 0 fully saturated rings. The normalized spacial score (nSPS) is 11.2. The van der Waals surface area contributed by atoms with Crippen molar-refractivity contribution in [2.45, 2.75) is 32.7 Å². The SMILES string of the molecule is CCCNc1cc(NCC(C)(C)N)ncn1. The van der Waals surface area contributed by atoms with Crippen LogP contribution in [0.4, 0.5) is 11.6 Å². The quantitative estimate of drug-likeness (QED) is 0.680. The summed E-state index contributed by atoms with van der Waals surface area (Å²) in [6.07, 6.45) is 2.62. The minimum absolute atomic E-state index is 0.248. The van der Waals surface area contributed by atoms with Gasteiger partial charge in [-0.1, -0.05) is 6.92 Å². The molecule has 16 heavy (non-hydrogen) atoms. The maximum Gasteiger partial charge on any atom is 0.131 e. The van der Waals surface area contributed by atoms with Gasteiger partial charge in [0.1, 0.15) is 18.0 Å². The van der Waals surface area contributed by atoms with Crippen LogP contribution in [0.3, 0.4) is 0 Å². The highest BCUT2D eigenvalue weighted by Crippen LogP contribution is 2.09. The van der Waals surface area contributed by atoms with Crippen molar-refractivity contribution >= 4 is 11.6 Å². The third-order valence-corrected chi connectivity index (χ3v) is 1.95. The maximum atomic E-state index is 5.88. The Bertz CT molecular complexity index is 318. The van der Waals surface area contributed by atoms with Crippen molar-refractivity contribution in [2.75, 3.05) is 23.7 Å². The van der Waals surface area contributed by atoms with Gasteiger partial charge >= 0.3 is 0 Å². The zero-order valence-electron chi connectivity index (χ0n) is 10.2. The summed E-state index contributed by atoms with van der Waals surface area (Å²) in [5.74, 6) is 1.64. The Morgan fingerprint density at radius 2 is 1.88 bits per heavy atom. The van der Waals surface area contributed by atoms with Crippen LogP contribution in [-0.4, -0.2) is 28.6 Å². The molecule has 90 valence electrons. The average Bonchev–Trinajstić information content (AvgIpc) is 2.23. The second-order valence-corrected chi connectivity index (χ2v) is 4.56. The number of nitrogens with two attached hydrogens (primary N) is 1. The van der Waals surface area contributed by atoms with Crippen molar-refractivity contribution in [3.63, 3.8) is 0 Å². The van der Waals surface area contributed by atoms with Gasteiger partial charge in [0.25, 0.3) is 0 Å². The summed E-state index contributed by atoms with van der Waals surface area (Å²) in [4.78, 5) is 8.26. The van der Waals surface area contributed by atoms with E-state index in [1.807, 2.05) is 19.9 Å². The van der Waals surface area contributed by atoms with E-state index in [2.05, 4.69) is 27.5 Å². The minimum atomic E-state index is -0.248. The molecule has 0 aliphatic heterocycles. The number of hydrogen-bond donors (Lipinski definition) is 3. The zero-order valence-corrected chi connectivity index (χ0v) is 10.2. The van der Waals surface area contributed by atoms with Crippen LogP contribution in [0.1, 0.15) is 27.2 Å². The lowest BCUT2D eigenvalue weighted by Crippen LogP contribution is -2.39. The van der Waals surface area contributed by atoms with Crippen molar-refractivity contribution in [1.82, 2.24) is 9.97 Å². The Hall–Kier alpha value is -1.36. The van der Waals surface area contributed by atoms with E-state index >= 15 is 0 Å². The second-order valence-electron chi connectivity index (χ2n) is 4.56. The fraction of sp³-hybridized carbons (Fsp3) is 0.636. The van der Waals surface area contributed by atoms with Gasteiger partial charge in [0, 0.05) is 24.7 Å². The van der Waals surface area contributed by atoms with Gasteiger partial charge < -0.3 is 16.4 Å². The highest BCUT2D eigenvalue weighted by Gasteiger charge is 2.10. The first-order valence-electron chi connectivity index (χ1n) is 5.60. The number of rotatable bonds is 6. The van der Waals surface area contributed by atoms with Crippen LogP contribution in [0.2, 0.25) is 0 Å². The Labute approximate surface area is 96.9 Å². The van der Waals surface area contributed by atoms with Gasteiger partial charge in [0.15, 0.2) is 0 Å². The molecule has 0 aliphatic carbocycles. The van der Waals surface area contributed by atoms with Crippen LogP contribution in [0, 0.1) is 0 Å². The number of hydrogen-bond acceptors (Lipinski definition) is 5. The standard InChI is InChI=1S/C11H21N5/c1-4-5-13-9-6-10(16-8-15-9)14-7-11(2,3)12/h6,8H,4-5,7,12H2,1-3H3,(H2,13,14,15,16). The first-order chi connectivity index (χ1) is 7.51. The Morgan fingerprint density at radius 1 is 1.25 bits per heavy atom. The van der Waals surface area contributed by atoms with E-state index in [0.29, 0.717) is 6.54 Å². The van der Waals surface area contributed by atoms with Gasteiger partial charge in [-0.3, -0.25) is 0 Å². The molecule has 0 aliphatic rings. The summed E-state index contributed by atoms with van der Waals surface area (Å²) in [7, 11) is 0. The number of nitrogens with zero attached hydrogens (tertiary/aromatic N) is 2. The number of nitrogens with one attached hydrogen (secondary N) is 2. The molecule has 0 saturated heterocycles. The van der Waals surface area contributed by atoms with Crippen LogP contribution in [0.15, 0.2) is 12.4 Å². The lowest BCUT2D eigenvalue weighted by atomic mass is 10.1. The maximum absolute atomic E-state index is 5.88. The highest BCUT2D eigenvalue weighted by molar-refractivity contribution is 5.46. The van der Waals surface area contributed by atoms with Crippen molar-refractivity contribution < 1.29 is 0 Å². The van der Waals surface area contributed by atoms with Crippen LogP contribution in [0.25, 0.3) is 0 Å². The fourth-order valence-electron chi connectivity index (χ4n) is 1.12. The molecule has 0 atom stereocenters. The van der Waals surface area contributed by atoms with Gasteiger partial charge in [0.05, 0.1) is 0 Å². The third kappa shape index (κ3) is 4.93. The first-order valence-corrected chi connectivity index (χ1v) is 5.60. The minimum Gasteiger partial charge on any atom is -0.370 e. The third-order valence-electron chi connectivity index (χ3n) is 1.95. The molecule has 1 aromatic heterocycles. The largest absolute Gasteiger partial charge is 0.370 e. The van der Waals surface area contributed by atoms with Gasteiger partial charge in [-0.25, -0.2) is 9.97 Å². The van der Waals surface area contributed by atoms with Crippen LogP contribution in [0.5, 0.6) is 0 Å². The zero-order chi connectivity index (χ0) is 12.0. The van der Waals surface area contributed by atoms with Crippen LogP contribution >= 0.6 is 0 Å². The molecule has 0 spiro atoms. The van der Waals surface area contributed by atoms with E-state index in [1.54, 1.807) is 6.33 Å². The van der Waals surface area contributed by atoms with E-state index in [4.69, 9.17) is 5.73 Å². The lowest BCUT2D eigenvalue weighted by molar-refractivity contribution is 0.548. The molecule has 0 radical (unpaired) electrons. The predicted molar refractivity (Wildman–Crippen MR) is 67.6 cm³/mol. The smallest absolute Gasteiger partial charge is 0.131 e. The van der Waals surface area contributed by atoms with Crippen molar-refractivity contribution in [2.24, 2.45) is 5.73 Å². The lowest BCUT2D eigenvalue weighted by Gasteiger charge is -2.19. The van der Waals surface area contributed by atoms with E-state index < -0.39 is 0 Å². The summed E-state index contributed by atoms with van der Waals surface area (Å²) in [5.41, 5.74) is 5.63. The molecule has 5 heteroatoms. The average molecular weight is 223 g/mol. The topological polar surface area (TPSA) is 75.9 Å². The number of aromatic nitrogens is 2. The van der Waals surface area contributed by atoms with Crippen molar-refractivity contribution in [1.29, 1.82) is 0 Å². The molecule has 4 N–H and O–H groups in total. The van der Waals surface area contributed by atoms with E-state index in [0.717, 1.165) is 24.6 Å². The molecular weight excluding hydrogens is 202 g/mol. The van der Waals surface area contributed by atoms with E-state index in [1.165, 1.54) is 0 Å². The number of anilines is 2. The molecule has 1 heterocycles. The van der Waals surface area contributed by atoms with Gasteiger partial charge in [-0.05, 0) is 20.3 Å². The molecule has 0 aromatic carbocycles. The molecule has 0 saturated carbocycles. The Kier molecular flexibility index (Phi) is 4.49. The van der Waals surface area contributed by atoms with Crippen LogP contribution in [-0.2, 0) is 0 Å². The van der Waals surface area contributed by atoms with Gasteiger partial charge in [-0.2, -0.15) is 0 Å². The molecule has 1 aromatic rings. The molecule has 0 bridgehead atoms. The van der Waals surface area contributed by atoms with Crippen molar-refractivity contribution in [3.8, 4) is 0 Å². The summed E-state index contributed by atoms with van der Waals surface area (Å²) in [5, 5.41) is 6.39. The fourth-order valence-corrected chi connectivity index (χ4v) is 1.12. The molecule has 5 nitrogen and oxygen atoms in total. The van der Waals surface area contributed by atoms with Gasteiger partial charge in [-0.15, -0.1) is 0 Å². The monoisotopic (exact) mass is 223 g/mol. The summed E-state index contributed by atoms with van der Waals surface area (Å²) < 4.78 is 0. The molecule has 1 rings (SSSR count). The summed E-state index contributed by atoms with van der Waals surface area (Å²) in [6, 6.07) is 1.89. The molecule has 0 amide bonds. The summed E-state index contributed by atoms with van der Waals surface area (Å²) in [6.45, 7) is 7.65. The van der Waals surface area contributed by atoms with E-state index in [-0.39, 0.29) is 5.54 Å². The van der Waals surface area contributed by atoms with Crippen molar-refractivity contribution in [3.05, 3.63) is 12.4 Å².